The second-order valence-corrected chi connectivity index (χ2v) is 2.70. The Kier molecular flexibility index (Phi) is 2.57. The van der Waals surface area contributed by atoms with E-state index in [1.54, 1.807) is 0 Å². The predicted molar refractivity (Wildman–Crippen MR) is 32.8 cm³/mol. The molecule has 0 unspecified atom stereocenters. The third-order valence-electron chi connectivity index (χ3n) is 0.536. The first-order valence-corrected chi connectivity index (χ1v) is 2.64. The van der Waals surface area contributed by atoms with Crippen LogP contribution in [0.2, 0.25) is 0 Å². The fourth-order valence-corrected chi connectivity index (χ4v) is 0.301. The molecule has 1 heteroatoms. The molecule has 0 atom stereocenters. The van der Waals surface area contributed by atoms with Crippen LogP contribution in [0.25, 0.3) is 0 Å². The van der Waals surface area contributed by atoms with Crippen LogP contribution in [0.15, 0.2) is 0 Å². The molecule has 0 spiro atoms. The van der Waals surface area contributed by atoms with Crippen LogP contribution >= 0.6 is 0 Å². The van der Waals surface area contributed by atoms with E-state index in [0.717, 1.165) is 0 Å². The van der Waals surface area contributed by atoms with Gasteiger partial charge < -0.3 is 0 Å². The largest absolute Gasteiger partial charge is 0.223 e. The van der Waals surface area contributed by atoms with Crippen LogP contribution in [0.3, 0.4) is 0 Å². The third-order valence-corrected chi connectivity index (χ3v) is 0.536. The van der Waals surface area contributed by atoms with Gasteiger partial charge in [0.15, 0.2) is 0 Å². The van der Waals surface area contributed by atoms with E-state index in [1.165, 1.54) is 0 Å². The van der Waals surface area contributed by atoms with E-state index in [4.69, 9.17) is 0 Å². The fourth-order valence-electron chi connectivity index (χ4n) is 0.301. The molecule has 0 heterocycles. The van der Waals surface area contributed by atoms with E-state index in [1.807, 2.05) is 20.8 Å². The molecule has 1 nitrogen and oxygen atoms in total. The zero-order valence-corrected chi connectivity index (χ0v) is 5.62. The molecule has 0 aliphatic carbocycles. The van der Waals surface area contributed by atoms with Crippen molar-refractivity contribution in [2.24, 2.45) is 5.41 Å². The molecule has 0 fully saturated rings. The Morgan fingerprint density at radius 3 is 2.00 bits per heavy atom. The van der Waals surface area contributed by atoms with Gasteiger partial charge in [0.1, 0.15) is 6.61 Å². The number of hydrogen-bond acceptors (Lipinski definition) is 0. The molecule has 1 radical (unpaired) electrons. The average Bonchev–Trinajstić information content (AvgIpc) is 1.59. The predicted octanol–water partition coefficient (Wildman–Crippen LogP) is 1.47. The van der Waals surface area contributed by atoms with Crippen molar-refractivity contribution in [3.8, 4) is 11.8 Å². The van der Waals surface area contributed by atoms with E-state index >= 15 is 0 Å². The monoisotopic (exact) mass is 111 g/mol. The molecule has 45 valence electrons. The van der Waals surface area contributed by atoms with Crippen molar-refractivity contribution in [2.45, 2.75) is 20.8 Å². The maximum absolute atomic E-state index is 9.80. The van der Waals surface area contributed by atoms with E-state index < -0.39 is 0 Å². The highest BCUT2D eigenvalue weighted by atomic mass is 16.2. The second-order valence-electron chi connectivity index (χ2n) is 2.70. The lowest BCUT2D eigenvalue weighted by Gasteiger charge is -2.05. The molecule has 0 aromatic rings. The van der Waals surface area contributed by atoms with Crippen molar-refractivity contribution < 1.29 is 5.11 Å². The van der Waals surface area contributed by atoms with Crippen LogP contribution in [0, 0.1) is 17.3 Å². The first-order valence-electron chi connectivity index (χ1n) is 2.64. The maximum Gasteiger partial charge on any atom is 0.143 e. The molecule has 8 heavy (non-hydrogen) atoms. The Balaban J connectivity index is 3.69. The average molecular weight is 111 g/mol. The van der Waals surface area contributed by atoms with E-state index in [2.05, 4.69) is 11.8 Å². The van der Waals surface area contributed by atoms with Gasteiger partial charge in [0, 0.05) is 5.41 Å². The third kappa shape index (κ3) is 5.52. The van der Waals surface area contributed by atoms with Gasteiger partial charge in [-0.25, -0.2) is 5.11 Å². The highest BCUT2D eigenvalue weighted by Crippen LogP contribution is 2.09. The minimum Gasteiger partial charge on any atom is -0.223 e. The Labute approximate surface area is 50.7 Å². The van der Waals surface area contributed by atoms with Crippen molar-refractivity contribution in [1.29, 1.82) is 0 Å². The quantitative estimate of drug-likeness (QED) is 0.422. The van der Waals surface area contributed by atoms with Gasteiger partial charge in [-0.05, 0) is 20.8 Å². The van der Waals surface area contributed by atoms with Crippen LogP contribution in [0.4, 0.5) is 0 Å². The van der Waals surface area contributed by atoms with Crippen LogP contribution in [0.1, 0.15) is 20.8 Å². The topological polar surface area (TPSA) is 19.9 Å². The Morgan fingerprint density at radius 2 is 1.88 bits per heavy atom. The fraction of sp³-hybridized carbons (Fsp3) is 0.714. The highest BCUT2D eigenvalue weighted by Gasteiger charge is 2.02. The summed E-state index contributed by atoms with van der Waals surface area (Å²) in [6, 6.07) is 0. The van der Waals surface area contributed by atoms with Crippen molar-refractivity contribution in [3.05, 3.63) is 0 Å². The Morgan fingerprint density at radius 1 is 1.38 bits per heavy atom. The lowest BCUT2D eigenvalue weighted by Crippen LogP contribution is -1.99. The molecule has 0 aliphatic rings. The molecular formula is C7H11O. The van der Waals surface area contributed by atoms with Gasteiger partial charge in [-0.3, -0.25) is 0 Å². The molecule has 0 N–H and O–H groups in total. The molecule has 0 aliphatic heterocycles. The van der Waals surface area contributed by atoms with Crippen molar-refractivity contribution in [1.82, 2.24) is 0 Å². The van der Waals surface area contributed by atoms with Gasteiger partial charge in [-0.1, -0.05) is 11.8 Å². The van der Waals surface area contributed by atoms with Gasteiger partial charge in [0.2, 0.25) is 0 Å². The summed E-state index contributed by atoms with van der Waals surface area (Å²) in [5, 5.41) is 9.80. The minimum atomic E-state index is -0.280. The lowest BCUT2D eigenvalue weighted by atomic mass is 9.98. The molecule has 0 rings (SSSR count). The van der Waals surface area contributed by atoms with Crippen LogP contribution in [-0.4, -0.2) is 6.61 Å². The summed E-state index contributed by atoms with van der Waals surface area (Å²) in [5.74, 6) is 5.29. The van der Waals surface area contributed by atoms with E-state index in [-0.39, 0.29) is 12.0 Å². The van der Waals surface area contributed by atoms with Crippen molar-refractivity contribution in [3.63, 3.8) is 0 Å². The number of rotatable bonds is 0. The second kappa shape index (κ2) is 2.74. The van der Waals surface area contributed by atoms with Crippen LogP contribution in [0.5, 0.6) is 0 Å². The summed E-state index contributed by atoms with van der Waals surface area (Å²) in [7, 11) is 0. The van der Waals surface area contributed by atoms with Crippen molar-refractivity contribution >= 4 is 0 Å². The highest BCUT2D eigenvalue weighted by molar-refractivity contribution is 5.06. The summed E-state index contributed by atoms with van der Waals surface area (Å²) in [6.45, 7) is 5.66. The summed E-state index contributed by atoms with van der Waals surface area (Å²) in [6.07, 6.45) is 0. The van der Waals surface area contributed by atoms with Gasteiger partial charge >= 0.3 is 0 Å². The summed E-state index contributed by atoms with van der Waals surface area (Å²) in [5.41, 5.74) is -0.00951. The lowest BCUT2D eigenvalue weighted by molar-refractivity contribution is 0.238. The van der Waals surface area contributed by atoms with Gasteiger partial charge in [-0.15, -0.1) is 0 Å². The summed E-state index contributed by atoms with van der Waals surface area (Å²) < 4.78 is 0. The molecule has 0 saturated heterocycles. The zero-order valence-electron chi connectivity index (χ0n) is 5.62. The van der Waals surface area contributed by atoms with E-state index in [9.17, 15) is 5.11 Å². The molecule has 0 bridgehead atoms. The summed E-state index contributed by atoms with van der Waals surface area (Å²) in [4.78, 5) is 0. The summed E-state index contributed by atoms with van der Waals surface area (Å²) >= 11 is 0. The molecule has 0 aromatic heterocycles. The van der Waals surface area contributed by atoms with E-state index in [0.29, 0.717) is 0 Å². The number of hydrogen-bond donors (Lipinski definition) is 0. The van der Waals surface area contributed by atoms with Gasteiger partial charge in [0.25, 0.3) is 0 Å². The van der Waals surface area contributed by atoms with Crippen LogP contribution in [-0.2, 0) is 5.11 Å². The standard InChI is InChI=1S/C7H11O/c1-7(2,3)5-4-6-8/h6H2,1-3H3. The first-order chi connectivity index (χ1) is 3.56. The van der Waals surface area contributed by atoms with Gasteiger partial charge in [-0.2, -0.15) is 0 Å². The Hall–Kier alpha value is -0.480. The minimum absolute atomic E-state index is 0.00951. The maximum atomic E-state index is 9.80. The first kappa shape index (κ1) is 7.52. The smallest absolute Gasteiger partial charge is 0.143 e. The zero-order chi connectivity index (χ0) is 6.62. The molecular weight excluding hydrogens is 100 g/mol. The normalized spacial score (nSPS) is 10.0. The van der Waals surface area contributed by atoms with Crippen LogP contribution < -0.4 is 0 Å². The SMILES string of the molecule is CC(C)(C)C#CC[O]. The van der Waals surface area contributed by atoms with Crippen molar-refractivity contribution in [2.75, 3.05) is 6.61 Å². The molecule has 0 aromatic carbocycles. The Bertz CT molecular complexity index is 109. The van der Waals surface area contributed by atoms with Gasteiger partial charge in [0.05, 0.1) is 0 Å². The molecule has 0 amide bonds. The molecule has 0 saturated carbocycles.